The minimum absolute atomic E-state index is 0.255. The van der Waals surface area contributed by atoms with E-state index in [0.29, 0.717) is 10.6 Å². The van der Waals surface area contributed by atoms with Crippen molar-refractivity contribution < 1.29 is 18.0 Å². The van der Waals surface area contributed by atoms with E-state index in [4.69, 9.17) is 0 Å². The van der Waals surface area contributed by atoms with Crippen LogP contribution in [0.2, 0.25) is 0 Å². The summed E-state index contributed by atoms with van der Waals surface area (Å²) in [5.41, 5.74) is 0.565. The molecule has 1 heterocycles. The quantitative estimate of drug-likeness (QED) is 0.725. The van der Waals surface area contributed by atoms with E-state index in [1.165, 1.54) is 17.4 Å². The highest BCUT2D eigenvalue weighted by molar-refractivity contribution is 7.92. The number of benzene rings is 1. The number of sulfonamides is 1. The first-order chi connectivity index (χ1) is 11.3. The average molecular weight is 367 g/mol. The van der Waals surface area contributed by atoms with Gasteiger partial charge in [-0.1, -0.05) is 18.2 Å². The average Bonchev–Trinajstić information content (AvgIpc) is 3.02. The summed E-state index contributed by atoms with van der Waals surface area (Å²) in [6, 6.07) is 9.03. The van der Waals surface area contributed by atoms with Crippen LogP contribution in [-0.4, -0.2) is 32.5 Å². The van der Waals surface area contributed by atoms with E-state index >= 15 is 0 Å². The zero-order valence-corrected chi connectivity index (χ0v) is 14.7. The van der Waals surface area contributed by atoms with E-state index < -0.39 is 22.0 Å². The Morgan fingerprint density at radius 1 is 1.08 bits per heavy atom. The molecule has 0 spiro atoms. The lowest BCUT2D eigenvalue weighted by Crippen LogP contribution is -2.41. The van der Waals surface area contributed by atoms with Gasteiger partial charge in [0.05, 0.1) is 22.5 Å². The number of carbonyl (C=O) groups excluding carboxylic acids is 2. The molecule has 0 fully saturated rings. The fraction of sp³-hybridized carbons (Fsp3) is 0.200. The van der Waals surface area contributed by atoms with Crippen molar-refractivity contribution in [2.75, 3.05) is 16.3 Å². The van der Waals surface area contributed by atoms with Crippen LogP contribution in [-0.2, 0) is 14.8 Å². The molecular weight excluding hydrogens is 350 g/mol. The lowest BCUT2D eigenvalue weighted by Gasteiger charge is -2.16. The van der Waals surface area contributed by atoms with Crippen molar-refractivity contribution in [1.29, 1.82) is 0 Å². The van der Waals surface area contributed by atoms with Crippen molar-refractivity contribution in [3.8, 4) is 0 Å². The third-order valence-corrected chi connectivity index (χ3v) is 4.43. The summed E-state index contributed by atoms with van der Waals surface area (Å²) in [6.07, 6.45) is 1.02. The Hall–Kier alpha value is -2.39. The van der Waals surface area contributed by atoms with Gasteiger partial charge >= 0.3 is 0 Å². The van der Waals surface area contributed by atoms with Gasteiger partial charge in [0.2, 0.25) is 15.9 Å². The molecule has 128 valence electrons. The van der Waals surface area contributed by atoms with Gasteiger partial charge < -0.3 is 10.6 Å². The fourth-order valence-corrected chi connectivity index (χ4v) is 3.07. The zero-order valence-electron chi connectivity index (χ0n) is 13.1. The van der Waals surface area contributed by atoms with Crippen molar-refractivity contribution in [3.63, 3.8) is 0 Å². The Balaban J connectivity index is 2.05. The zero-order chi connectivity index (χ0) is 17.7. The van der Waals surface area contributed by atoms with Gasteiger partial charge in [0, 0.05) is 0 Å². The van der Waals surface area contributed by atoms with Crippen LogP contribution >= 0.6 is 11.3 Å². The number of carbonyl (C=O) groups is 2. The lowest BCUT2D eigenvalue weighted by molar-refractivity contribution is -0.117. The molecule has 0 radical (unpaired) electrons. The molecule has 1 aromatic carbocycles. The largest absolute Gasteiger partial charge is 0.340 e. The predicted molar refractivity (Wildman–Crippen MR) is 94.8 cm³/mol. The van der Waals surface area contributed by atoms with E-state index in [9.17, 15) is 18.0 Å². The molecule has 0 saturated heterocycles. The molecule has 7 nitrogen and oxygen atoms in total. The second-order valence-corrected chi connectivity index (χ2v) is 7.78. The first kappa shape index (κ1) is 18.0. The van der Waals surface area contributed by atoms with Crippen LogP contribution in [0.5, 0.6) is 0 Å². The molecular formula is C15H17N3O4S2. The molecule has 3 N–H and O–H groups in total. The maximum Gasteiger partial charge on any atom is 0.261 e. The van der Waals surface area contributed by atoms with Gasteiger partial charge in [-0.25, -0.2) is 8.42 Å². The SMILES string of the molecule is C[C@@H](NC(=O)c1cccs1)C(=O)Nc1ccccc1NS(C)(=O)=O. The second kappa shape index (κ2) is 7.45. The van der Waals surface area contributed by atoms with E-state index in [1.807, 2.05) is 0 Å². The second-order valence-electron chi connectivity index (χ2n) is 5.08. The van der Waals surface area contributed by atoms with Crippen LogP contribution in [0.4, 0.5) is 11.4 Å². The molecule has 2 rings (SSSR count). The van der Waals surface area contributed by atoms with Crippen LogP contribution in [0.25, 0.3) is 0 Å². The van der Waals surface area contributed by atoms with Crippen LogP contribution in [0, 0.1) is 0 Å². The molecule has 2 aromatic rings. The van der Waals surface area contributed by atoms with Gasteiger partial charge in [-0.15, -0.1) is 11.3 Å². The molecule has 0 bridgehead atoms. The minimum atomic E-state index is -3.47. The van der Waals surface area contributed by atoms with E-state index in [0.717, 1.165) is 6.26 Å². The van der Waals surface area contributed by atoms with E-state index in [-0.39, 0.29) is 11.6 Å². The maximum absolute atomic E-state index is 12.2. The standard InChI is InChI=1S/C15H17N3O4S2/c1-10(16-15(20)13-8-5-9-23-13)14(19)17-11-6-3-4-7-12(11)18-24(2,21)22/h3-10,18H,1-2H3,(H,16,20)(H,17,19)/t10-/m1/s1. The number of hydrogen-bond donors (Lipinski definition) is 3. The van der Waals surface area contributed by atoms with Crippen molar-refractivity contribution in [2.24, 2.45) is 0 Å². The molecule has 0 saturated carbocycles. The smallest absolute Gasteiger partial charge is 0.261 e. The van der Waals surface area contributed by atoms with Gasteiger partial charge in [-0.2, -0.15) is 0 Å². The number of nitrogens with one attached hydrogen (secondary N) is 3. The van der Waals surface area contributed by atoms with Crippen LogP contribution in [0.15, 0.2) is 41.8 Å². The number of thiophene rings is 1. The number of anilines is 2. The van der Waals surface area contributed by atoms with Crippen LogP contribution in [0.1, 0.15) is 16.6 Å². The highest BCUT2D eigenvalue weighted by Crippen LogP contribution is 2.22. The lowest BCUT2D eigenvalue weighted by atomic mass is 10.2. The monoisotopic (exact) mass is 367 g/mol. The number of rotatable bonds is 6. The summed E-state index contributed by atoms with van der Waals surface area (Å²) < 4.78 is 25.1. The number of para-hydroxylation sites is 2. The van der Waals surface area contributed by atoms with Gasteiger partial charge in [0.15, 0.2) is 0 Å². The molecule has 0 aliphatic rings. The Morgan fingerprint density at radius 2 is 1.75 bits per heavy atom. The Bertz CT molecular complexity index is 832. The molecule has 1 atom stereocenters. The highest BCUT2D eigenvalue weighted by atomic mass is 32.2. The van der Waals surface area contributed by atoms with Gasteiger partial charge in [-0.3, -0.25) is 14.3 Å². The first-order valence-electron chi connectivity index (χ1n) is 6.98. The molecule has 2 amide bonds. The summed E-state index contributed by atoms with van der Waals surface area (Å²) in [4.78, 5) is 24.7. The molecule has 0 aliphatic heterocycles. The van der Waals surface area contributed by atoms with Gasteiger partial charge in [0.1, 0.15) is 6.04 Å². The summed E-state index contributed by atoms with van der Waals surface area (Å²) in [7, 11) is -3.47. The minimum Gasteiger partial charge on any atom is -0.340 e. The predicted octanol–water partition coefficient (Wildman–Crippen LogP) is 1.88. The molecule has 9 heteroatoms. The topological polar surface area (TPSA) is 104 Å². The summed E-state index contributed by atoms with van der Waals surface area (Å²) in [5, 5.41) is 6.97. The van der Waals surface area contributed by atoms with E-state index in [1.54, 1.807) is 42.6 Å². The summed E-state index contributed by atoms with van der Waals surface area (Å²) in [6.45, 7) is 1.55. The maximum atomic E-state index is 12.2. The fourth-order valence-electron chi connectivity index (χ4n) is 1.86. The van der Waals surface area contributed by atoms with Crippen molar-refractivity contribution in [1.82, 2.24) is 5.32 Å². The first-order valence-corrected chi connectivity index (χ1v) is 9.75. The number of amides is 2. The molecule has 24 heavy (non-hydrogen) atoms. The van der Waals surface area contributed by atoms with Crippen molar-refractivity contribution >= 4 is 44.5 Å². The van der Waals surface area contributed by atoms with Crippen LogP contribution in [0.3, 0.4) is 0 Å². The van der Waals surface area contributed by atoms with Crippen molar-refractivity contribution in [3.05, 3.63) is 46.7 Å². The third kappa shape index (κ3) is 5.07. The highest BCUT2D eigenvalue weighted by Gasteiger charge is 2.18. The number of hydrogen-bond acceptors (Lipinski definition) is 5. The Labute approximate surface area is 144 Å². The third-order valence-electron chi connectivity index (χ3n) is 2.97. The molecule has 1 aromatic heterocycles. The Morgan fingerprint density at radius 3 is 2.33 bits per heavy atom. The molecule has 0 unspecified atom stereocenters. The van der Waals surface area contributed by atoms with Gasteiger partial charge in [-0.05, 0) is 30.5 Å². The normalized spacial score (nSPS) is 12.2. The Kier molecular flexibility index (Phi) is 5.58. The summed E-state index contributed by atoms with van der Waals surface area (Å²) in [5.74, 6) is -0.794. The van der Waals surface area contributed by atoms with Gasteiger partial charge in [0.25, 0.3) is 5.91 Å². The van der Waals surface area contributed by atoms with Crippen molar-refractivity contribution in [2.45, 2.75) is 13.0 Å². The summed E-state index contributed by atoms with van der Waals surface area (Å²) >= 11 is 1.28. The van der Waals surface area contributed by atoms with Crippen LogP contribution < -0.4 is 15.4 Å². The van der Waals surface area contributed by atoms with E-state index in [2.05, 4.69) is 15.4 Å². The molecule has 0 aliphatic carbocycles.